The van der Waals surface area contributed by atoms with E-state index in [2.05, 4.69) is 25.6 Å². The van der Waals surface area contributed by atoms with E-state index in [4.69, 9.17) is 10.1 Å². The lowest BCUT2D eigenvalue weighted by Gasteiger charge is -2.49. The molecule has 7 heteroatoms. The zero-order chi connectivity index (χ0) is 13.4. The maximum Gasteiger partial charge on any atom is 0.173 e. The van der Waals surface area contributed by atoms with Crippen LogP contribution in [0, 0.1) is 0 Å². The monoisotopic (exact) mass is 281 g/mol. The molecule has 20 heavy (non-hydrogen) atoms. The first kappa shape index (κ1) is 13.4. The van der Waals surface area contributed by atoms with E-state index in [1.807, 2.05) is 0 Å². The molecule has 4 heterocycles. The Morgan fingerprint density at radius 3 is 2.90 bits per heavy atom. The standard InChI is InChI=1S/C13H25N6O/c1-3-16-19(6-1)13(18-7-5-14-10-18)12(2-4-15-13)17-8-9-20-11-17/h12,14,16H,1-11H2. The summed E-state index contributed by atoms with van der Waals surface area (Å²) in [6.45, 7) is 8.85. The van der Waals surface area contributed by atoms with Gasteiger partial charge in [-0.2, -0.15) is 0 Å². The highest BCUT2D eigenvalue weighted by atomic mass is 16.5. The van der Waals surface area contributed by atoms with E-state index in [9.17, 15) is 0 Å². The van der Waals surface area contributed by atoms with Crippen molar-refractivity contribution in [2.75, 3.05) is 59.3 Å². The van der Waals surface area contributed by atoms with Crippen LogP contribution < -0.4 is 16.1 Å². The molecule has 0 aromatic carbocycles. The SMILES string of the molecule is C1CNN(C2(N3CCNC3)[N]CCC2N2CCOC2)C1. The fraction of sp³-hybridized carbons (Fsp3) is 1.00. The topological polar surface area (TPSA) is 57.1 Å². The number of ether oxygens (including phenoxy) is 1. The number of nitrogens with one attached hydrogen (secondary N) is 2. The normalized spacial score (nSPS) is 41.1. The van der Waals surface area contributed by atoms with Crippen LogP contribution in [0.3, 0.4) is 0 Å². The molecule has 0 aromatic heterocycles. The lowest BCUT2D eigenvalue weighted by atomic mass is 10.1. The van der Waals surface area contributed by atoms with Gasteiger partial charge in [0.15, 0.2) is 5.79 Å². The van der Waals surface area contributed by atoms with E-state index < -0.39 is 0 Å². The molecule has 0 aromatic rings. The van der Waals surface area contributed by atoms with Crippen molar-refractivity contribution in [2.24, 2.45) is 0 Å². The van der Waals surface area contributed by atoms with Gasteiger partial charge < -0.3 is 10.1 Å². The van der Waals surface area contributed by atoms with E-state index in [0.29, 0.717) is 6.04 Å². The van der Waals surface area contributed by atoms with Gasteiger partial charge in [0, 0.05) is 39.3 Å². The number of hydrazine groups is 1. The third kappa shape index (κ3) is 2.00. The average Bonchev–Trinajstić information content (AvgIpc) is 3.23. The summed E-state index contributed by atoms with van der Waals surface area (Å²) in [5.74, 6) is -0.201. The van der Waals surface area contributed by atoms with Crippen molar-refractivity contribution in [3.05, 3.63) is 0 Å². The Bertz CT molecular complexity index is 320. The third-order valence-corrected chi connectivity index (χ3v) is 5.00. The number of hydrogen-bond donors (Lipinski definition) is 2. The summed E-state index contributed by atoms with van der Waals surface area (Å²) >= 11 is 0. The minimum Gasteiger partial charge on any atom is -0.365 e. The molecule has 1 radical (unpaired) electrons. The summed E-state index contributed by atoms with van der Waals surface area (Å²) in [7, 11) is 0. The highest BCUT2D eigenvalue weighted by Crippen LogP contribution is 2.35. The van der Waals surface area contributed by atoms with Gasteiger partial charge in [-0.3, -0.25) is 15.2 Å². The number of rotatable bonds is 3. The summed E-state index contributed by atoms with van der Waals surface area (Å²) in [6.07, 6.45) is 2.35. The van der Waals surface area contributed by atoms with Crippen LogP contribution in [0.25, 0.3) is 0 Å². The molecule has 4 aliphatic heterocycles. The van der Waals surface area contributed by atoms with E-state index in [1.165, 1.54) is 6.42 Å². The van der Waals surface area contributed by atoms with Gasteiger partial charge in [-0.1, -0.05) is 0 Å². The molecule has 4 rings (SSSR count). The number of hydrogen-bond acceptors (Lipinski definition) is 6. The van der Waals surface area contributed by atoms with Crippen LogP contribution in [-0.2, 0) is 4.74 Å². The van der Waals surface area contributed by atoms with Gasteiger partial charge in [0.1, 0.15) is 0 Å². The van der Waals surface area contributed by atoms with Crippen molar-refractivity contribution in [3.8, 4) is 0 Å². The molecule has 4 saturated heterocycles. The molecule has 0 amide bonds. The molecule has 0 spiro atoms. The quantitative estimate of drug-likeness (QED) is 0.648. The van der Waals surface area contributed by atoms with Crippen LogP contribution >= 0.6 is 0 Å². The Kier molecular flexibility index (Phi) is 3.68. The summed E-state index contributed by atoms with van der Waals surface area (Å²) in [5.41, 5.74) is 3.57. The Labute approximate surface area is 120 Å². The molecule has 2 atom stereocenters. The second-order valence-corrected chi connectivity index (χ2v) is 6.06. The second kappa shape index (κ2) is 5.49. The van der Waals surface area contributed by atoms with Crippen LogP contribution in [-0.4, -0.2) is 85.9 Å². The molecule has 113 valence electrons. The molecular weight excluding hydrogens is 256 g/mol. The van der Waals surface area contributed by atoms with Crippen LogP contribution in [0.4, 0.5) is 0 Å². The summed E-state index contributed by atoms with van der Waals surface area (Å²) in [4.78, 5) is 5.00. The van der Waals surface area contributed by atoms with Crippen LogP contribution in [0.15, 0.2) is 0 Å². The van der Waals surface area contributed by atoms with Gasteiger partial charge in [0.25, 0.3) is 0 Å². The minimum atomic E-state index is -0.201. The Morgan fingerprint density at radius 2 is 2.20 bits per heavy atom. The fourth-order valence-corrected chi connectivity index (χ4v) is 4.10. The Hall–Kier alpha value is -0.280. The zero-order valence-electron chi connectivity index (χ0n) is 12.1. The van der Waals surface area contributed by atoms with Gasteiger partial charge in [-0.25, -0.2) is 10.3 Å². The first-order valence-electron chi connectivity index (χ1n) is 7.88. The van der Waals surface area contributed by atoms with Crippen molar-refractivity contribution >= 4 is 0 Å². The third-order valence-electron chi connectivity index (χ3n) is 5.00. The average molecular weight is 281 g/mol. The maximum absolute atomic E-state index is 5.60. The zero-order valence-corrected chi connectivity index (χ0v) is 12.1. The molecule has 0 saturated carbocycles. The van der Waals surface area contributed by atoms with Crippen molar-refractivity contribution in [1.82, 2.24) is 30.9 Å². The van der Waals surface area contributed by atoms with E-state index in [1.54, 1.807) is 0 Å². The predicted octanol–water partition coefficient (Wildman–Crippen LogP) is -1.62. The summed E-state index contributed by atoms with van der Waals surface area (Å²) in [5, 5.41) is 11.0. The molecular formula is C13H25N6O. The van der Waals surface area contributed by atoms with Crippen LogP contribution in [0.1, 0.15) is 12.8 Å². The molecule has 0 aliphatic carbocycles. The molecule has 2 N–H and O–H groups in total. The number of nitrogens with zero attached hydrogens (tertiary/aromatic N) is 4. The van der Waals surface area contributed by atoms with Gasteiger partial charge in [0.2, 0.25) is 0 Å². The first-order chi connectivity index (χ1) is 9.91. The molecule has 4 fully saturated rings. The van der Waals surface area contributed by atoms with Crippen molar-refractivity contribution in [1.29, 1.82) is 0 Å². The van der Waals surface area contributed by atoms with E-state index >= 15 is 0 Å². The minimum absolute atomic E-state index is 0.201. The van der Waals surface area contributed by atoms with Gasteiger partial charge in [-0.15, -0.1) is 0 Å². The fourth-order valence-electron chi connectivity index (χ4n) is 4.10. The molecule has 0 bridgehead atoms. The van der Waals surface area contributed by atoms with Gasteiger partial charge >= 0.3 is 0 Å². The summed E-state index contributed by atoms with van der Waals surface area (Å²) in [6, 6.07) is 0.440. The Morgan fingerprint density at radius 1 is 1.20 bits per heavy atom. The predicted molar refractivity (Wildman–Crippen MR) is 74.6 cm³/mol. The highest BCUT2D eigenvalue weighted by molar-refractivity contribution is 5.04. The first-order valence-corrected chi connectivity index (χ1v) is 7.88. The largest absolute Gasteiger partial charge is 0.365 e. The highest BCUT2D eigenvalue weighted by Gasteiger charge is 2.56. The van der Waals surface area contributed by atoms with Crippen molar-refractivity contribution in [2.45, 2.75) is 24.7 Å². The second-order valence-electron chi connectivity index (χ2n) is 6.06. The van der Waals surface area contributed by atoms with E-state index in [-0.39, 0.29) is 5.79 Å². The van der Waals surface area contributed by atoms with Crippen LogP contribution in [0.5, 0.6) is 0 Å². The molecule has 7 nitrogen and oxygen atoms in total. The molecule has 4 aliphatic rings. The van der Waals surface area contributed by atoms with Crippen LogP contribution in [0.2, 0.25) is 0 Å². The lowest BCUT2D eigenvalue weighted by Crippen LogP contribution is -2.73. The summed E-state index contributed by atoms with van der Waals surface area (Å²) < 4.78 is 5.60. The maximum atomic E-state index is 5.60. The van der Waals surface area contributed by atoms with E-state index in [0.717, 1.165) is 65.7 Å². The van der Waals surface area contributed by atoms with Crippen molar-refractivity contribution < 1.29 is 4.74 Å². The smallest absolute Gasteiger partial charge is 0.173 e. The van der Waals surface area contributed by atoms with Crippen molar-refractivity contribution in [3.63, 3.8) is 0 Å². The Balaban J connectivity index is 1.64. The van der Waals surface area contributed by atoms with Gasteiger partial charge in [-0.05, 0) is 12.8 Å². The molecule has 2 unspecified atom stereocenters. The van der Waals surface area contributed by atoms with Gasteiger partial charge in [0.05, 0.1) is 26.0 Å². The lowest BCUT2D eigenvalue weighted by molar-refractivity contribution is -0.122.